The fraction of sp³-hybridized carbons (Fsp3) is 0.211. The summed E-state index contributed by atoms with van der Waals surface area (Å²) >= 11 is 0. The summed E-state index contributed by atoms with van der Waals surface area (Å²) in [6, 6.07) is 9.86. The number of rotatable bonds is 8. The van der Waals surface area contributed by atoms with Crippen LogP contribution in [0.4, 0.5) is 17.2 Å². The minimum absolute atomic E-state index is 0.191. The van der Waals surface area contributed by atoms with Gasteiger partial charge in [-0.1, -0.05) is 13.8 Å². The normalized spacial score (nSPS) is 11.4. The molecule has 29 heavy (non-hydrogen) atoms. The molecule has 0 saturated heterocycles. The van der Waals surface area contributed by atoms with Crippen LogP contribution in [0, 0.1) is 0 Å². The lowest BCUT2D eigenvalue weighted by atomic mass is 10.3. The van der Waals surface area contributed by atoms with Gasteiger partial charge in [0.2, 0.25) is 15.9 Å². The lowest BCUT2D eigenvalue weighted by Gasteiger charge is -2.18. The van der Waals surface area contributed by atoms with Crippen LogP contribution in [0.3, 0.4) is 0 Å². The van der Waals surface area contributed by atoms with Gasteiger partial charge in [0.15, 0.2) is 5.82 Å². The molecule has 0 aliphatic heterocycles. The summed E-state index contributed by atoms with van der Waals surface area (Å²) in [5.41, 5.74) is 6.96. The number of pyridine rings is 1. The van der Waals surface area contributed by atoms with E-state index in [0.717, 1.165) is 0 Å². The Morgan fingerprint density at radius 2 is 1.83 bits per heavy atom. The van der Waals surface area contributed by atoms with E-state index < -0.39 is 10.0 Å². The van der Waals surface area contributed by atoms with E-state index in [0.29, 0.717) is 30.3 Å². The maximum Gasteiger partial charge on any atom is 0.248 e. The Kier molecular flexibility index (Phi) is 6.25. The van der Waals surface area contributed by atoms with Gasteiger partial charge >= 0.3 is 0 Å². The third-order valence-electron chi connectivity index (χ3n) is 4.16. The second-order valence-corrected chi connectivity index (χ2v) is 7.91. The van der Waals surface area contributed by atoms with Crippen LogP contribution in [0.1, 0.15) is 13.8 Å². The largest absolute Gasteiger partial charge is 0.435 e. The highest BCUT2D eigenvalue weighted by atomic mass is 32.2. The Morgan fingerprint density at radius 1 is 1.10 bits per heavy atom. The third-order valence-corrected chi connectivity index (χ3v) is 6.22. The molecule has 0 aliphatic carbocycles. The summed E-state index contributed by atoms with van der Waals surface area (Å²) in [5, 5.41) is 3.05. The molecule has 0 atom stereocenters. The topological polar surface area (TPSA) is 123 Å². The lowest BCUT2D eigenvalue weighted by Crippen LogP contribution is -2.30. The molecule has 2 aromatic heterocycles. The van der Waals surface area contributed by atoms with E-state index in [-0.39, 0.29) is 16.5 Å². The van der Waals surface area contributed by atoms with Crippen LogP contribution in [0.5, 0.6) is 11.6 Å². The van der Waals surface area contributed by atoms with Crippen LogP contribution < -0.4 is 15.8 Å². The molecule has 2 heterocycles. The van der Waals surface area contributed by atoms with E-state index in [1.807, 2.05) is 0 Å². The molecule has 0 bridgehead atoms. The smallest absolute Gasteiger partial charge is 0.248 e. The Morgan fingerprint density at radius 3 is 2.45 bits per heavy atom. The maximum absolute atomic E-state index is 12.6. The molecule has 3 aromatic rings. The molecule has 0 saturated carbocycles. The average Bonchev–Trinajstić information content (AvgIpc) is 2.73. The van der Waals surface area contributed by atoms with Gasteiger partial charge in [0.25, 0.3) is 0 Å². The van der Waals surface area contributed by atoms with Gasteiger partial charge in [0, 0.05) is 25.0 Å². The van der Waals surface area contributed by atoms with E-state index in [4.69, 9.17) is 10.5 Å². The molecule has 3 rings (SSSR count). The maximum atomic E-state index is 12.6. The number of aromatic nitrogens is 3. The summed E-state index contributed by atoms with van der Waals surface area (Å²) in [5.74, 6) is 1.03. The lowest BCUT2D eigenvalue weighted by molar-refractivity contribution is 0.445. The van der Waals surface area contributed by atoms with Gasteiger partial charge in [-0.15, -0.1) is 0 Å². The molecule has 10 heteroatoms. The second-order valence-electron chi connectivity index (χ2n) is 5.97. The van der Waals surface area contributed by atoms with Crippen LogP contribution in [0.2, 0.25) is 0 Å². The predicted octanol–water partition coefficient (Wildman–Crippen LogP) is 3.02. The zero-order valence-corrected chi connectivity index (χ0v) is 16.9. The first-order valence-electron chi connectivity index (χ1n) is 9.01. The first kappa shape index (κ1) is 20.5. The number of nitrogens with zero attached hydrogens (tertiary/aromatic N) is 4. The van der Waals surface area contributed by atoms with Crippen molar-refractivity contribution in [2.75, 3.05) is 24.1 Å². The quantitative estimate of drug-likeness (QED) is 0.576. The number of ether oxygens (including phenoxy) is 1. The van der Waals surface area contributed by atoms with Gasteiger partial charge in [-0.2, -0.15) is 9.29 Å². The molecule has 0 radical (unpaired) electrons. The van der Waals surface area contributed by atoms with Crippen LogP contribution in [-0.2, 0) is 10.0 Å². The molecule has 152 valence electrons. The Labute approximate surface area is 169 Å². The highest BCUT2D eigenvalue weighted by Gasteiger charge is 2.21. The standard InChI is InChI=1S/C19H22N6O3S/c1-3-25(4-2)29(26,27)16-9-7-14(8-10-16)24-18-17(20)19(23-13-22-18)28-15-6-5-11-21-12-15/h5-13H,3-4,20H2,1-2H3,(H,22,23,24). The molecule has 0 amide bonds. The number of hydrogen-bond acceptors (Lipinski definition) is 8. The molecule has 9 nitrogen and oxygen atoms in total. The van der Waals surface area contributed by atoms with Crippen molar-refractivity contribution >= 4 is 27.2 Å². The summed E-state index contributed by atoms with van der Waals surface area (Å²) in [6.45, 7) is 4.44. The first-order valence-corrected chi connectivity index (χ1v) is 10.4. The number of nitrogens with one attached hydrogen (secondary N) is 1. The fourth-order valence-electron chi connectivity index (χ4n) is 2.64. The number of benzene rings is 1. The van der Waals surface area contributed by atoms with E-state index in [2.05, 4.69) is 20.3 Å². The second kappa shape index (κ2) is 8.84. The van der Waals surface area contributed by atoms with Crippen molar-refractivity contribution in [3.05, 3.63) is 55.1 Å². The van der Waals surface area contributed by atoms with E-state index in [1.54, 1.807) is 62.6 Å². The van der Waals surface area contributed by atoms with Crippen LogP contribution in [0.15, 0.2) is 60.0 Å². The SMILES string of the molecule is CCN(CC)S(=O)(=O)c1ccc(Nc2ncnc(Oc3cccnc3)c2N)cc1. The Bertz CT molecular complexity index is 1060. The Balaban J connectivity index is 1.79. The summed E-state index contributed by atoms with van der Waals surface area (Å²) < 4.78 is 32.2. The Hall–Kier alpha value is -3.24. The summed E-state index contributed by atoms with van der Waals surface area (Å²) in [7, 11) is -3.51. The summed E-state index contributed by atoms with van der Waals surface area (Å²) in [6.07, 6.45) is 4.50. The van der Waals surface area contributed by atoms with Gasteiger partial charge in [0.1, 0.15) is 17.8 Å². The van der Waals surface area contributed by atoms with E-state index in [1.165, 1.54) is 10.6 Å². The van der Waals surface area contributed by atoms with Crippen molar-refractivity contribution in [2.24, 2.45) is 0 Å². The van der Waals surface area contributed by atoms with Gasteiger partial charge in [0.05, 0.1) is 11.1 Å². The molecule has 0 unspecified atom stereocenters. The predicted molar refractivity (Wildman–Crippen MR) is 111 cm³/mol. The molecule has 3 N–H and O–H groups in total. The molecular formula is C19H22N6O3S. The first-order chi connectivity index (χ1) is 14.0. The van der Waals surface area contributed by atoms with E-state index >= 15 is 0 Å². The van der Waals surface area contributed by atoms with Crippen molar-refractivity contribution in [3.8, 4) is 11.6 Å². The third kappa shape index (κ3) is 4.61. The van der Waals surface area contributed by atoms with E-state index in [9.17, 15) is 8.42 Å². The number of nitrogens with two attached hydrogens (primary N) is 1. The van der Waals surface area contributed by atoms with Gasteiger partial charge < -0.3 is 15.8 Å². The molecule has 0 fully saturated rings. The zero-order valence-electron chi connectivity index (χ0n) is 16.1. The average molecular weight is 414 g/mol. The minimum Gasteiger partial charge on any atom is -0.435 e. The number of anilines is 3. The van der Waals surface area contributed by atoms with Crippen molar-refractivity contribution in [2.45, 2.75) is 18.7 Å². The minimum atomic E-state index is -3.51. The van der Waals surface area contributed by atoms with Gasteiger partial charge in [-0.25, -0.2) is 13.4 Å². The molecule has 0 aliphatic rings. The highest BCUT2D eigenvalue weighted by molar-refractivity contribution is 7.89. The zero-order chi connectivity index (χ0) is 20.9. The van der Waals surface area contributed by atoms with Crippen molar-refractivity contribution in [1.82, 2.24) is 19.3 Å². The van der Waals surface area contributed by atoms with Crippen molar-refractivity contribution in [3.63, 3.8) is 0 Å². The fourth-order valence-corrected chi connectivity index (χ4v) is 4.10. The monoisotopic (exact) mass is 414 g/mol. The van der Waals surface area contributed by atoms with Crippen LogP contribution >= 0.6 is 0 Å². The number of nitrogen functional groups attached to an aromatic ring is 1. The van der Waals surface area contributed by atoms with Gasteiger partial charge in [-0.3, -0.25) is 4.98 Å². The van der Waals surface area contributed by atoms with Crippen LogP contribution in [-0.4, -0.2) is 40.8 Å². The number of sulfonamides is 1. The van der Waals surface area contributed by atoms with Crippen molar-refractivity contribution in [1.29, 1.82) is 0 Å². The molecule has 0 spiro atoms. The molecular weight excluding hydrogens is 392 g/mol. The van der Waals surface area contributed by atoms with Crippen LogP contribution in [0.25, 0.3) is 0 Å². The number of hydrogen-bond donors (Lipinski definition) is 2. The summed E-state index contributed by atoms with van der Waals surface area (Å²) in [4.78, 5) is 12.4. The highest BCUT2D eigenvalue weighted by Crippen LogP contribution is 2.30. The molecule has 1 aromatic carbocycles. The van der Waals surface area contributed by atoms with Gasteiger partial charge in [-0.05, 0) is 36.4 Å². The van der Waals surface area contributed by atoms with Crippen molar-refractivity contribution < 1.29 is 13.2 Å².